The van der Waals surface area contributed by atoms with Gasteiger partial charge in [-0.2, -0.15) is 0 Å². The second-order valence-electron chi connectivity index (χ2n) is 9.01. The quantitative estimate of drug-likeness (QED) is 0.314. The van der Waals surface area contributed by atoms with Crippen molar-refractivity contribution in [2.24, 2.45) is 0 Å². The molecule has 37 heavy (non-hydrogen) atoms. The Hall–Kier alpha value is -4.84. The number of benzene rings is 4. The SMILES string of the molecule is O=C(O)c1ccc2c(c1)C(=CCn1c(Cc3ccccc3O)nc3ccccc31)c1ccccc1CO2. The van der Waals surface area contributed by atoms with Crippen LogP contribution >= 0.6 is 0 Å². The minimum Gasteiger partial charge on any atom is -0.508 e. The number of phenols is 1. The molecule has 4 aromatic carbocycles. The molecule has 0 spiro atoms. The van der Waals surface area contributed by atoms with Crippen LogP contribution in [0.2, 0.25) is 0 Å². The molecule has 182 valence electrons. The summed E-state index contributed by atoms with van der Waals surface area (Å²) in [7, 11) is 0. The Bertz CT molecular complexity index is 1680. The second-order valence-corrected chi connectivity index (χ2v) is 9.01. The van der Waals surface area contributed by atoms with E-state index in [0.29, 0.717) is 25.3 Å². The van der Waals surface area contributed by atoms with Crippen molar-refractivity contribution in [3.63, 3.8) is 0 Å². The number of para-hydroxylation sites is 3. The molecule has 2 N–H and O–H groups in total. The molecule has 0 bridgehead atoms. The van der Waals surface area contributed by atoms with E-state index in [1.165, 1.54) is 0 Å². The van der Waals surface area contributed by atoms with Gasteiger partial charge in [-0.15, -0.1) is 0 Å². The molecule has 0 atom stereocenters. The number of aromatic nitrogens is 2. The highest BCUT2D eigenvalue weighted by atomic mass is 16.5. The van der Waals surface area contributed by atoms with Gasteiger partial charge in [0.2, 0.25) is 0 Å². The van der Waals surface area contributed by atoms with Crippen LogP contribution in [0.25, 0.3) is 16.6 Å². The molecule has 0 amide bonds. The van der Waals surface area contributed by atoms with Gasteiger partial charge >= 0.3 is 5.97 Å². The summed E-state index contributed by atoms with van der Waals surface area (Å²) in [6.45, 7) is 0.906. The normalized spacial score (nSPS) is 13.6. The lowest BCUT2D eigenvalue weighted by Crippen LogP contribution is -2.05. The molecular formula is C31H24N2O4. The molecule has 6 nitrogen and oxygen atoms in total. The van der Waals surface area contributed by atoms with Gasteiger partial charge < -0.3 is 19.5 Å². The summed E-state index contributed by atoms with van der Waals surface area (Å²) in [5.41, 5.74) is 6.58. The highest BCUT2D eigenvalue weighted by molar-refractivity contribution is 5.92. The van der Waals surface area contributed by atoms with Gasteiger partial charge in [0, 0.05) is 24.1 Å². The molecule has 0 unspecified atom stereocenters. The van der Waals surface area contributed by atoms with Crippen molar-refractivity contribution >= 4 is 22.6 Å². The zero-order valence-electron chi connectivity index (χ0n) is 20.0. The number of allylic oxidation sites excluding steroid dienone is 1. The van der Waals surface area contributed by atoms with Crippen LogP contribution in [0.15, 0.2) is 97.1 Å². The number of carbonyl (C=O) groups is 1. The first-order chi connectivity index (χ1) is 18.1. The number of rotatable bonds is 5. The number of carboxylic acid groups (broad SMARTS) is 1. The number of phenolic OH excluding ortho intramolecular Hbond substituents is 1. The predicted octanol–water partition coefficient (Wildman–Crippen LogP) is 6.06. The Morgan fingerprint density at radius 2 is 1.73 bits per heavy atom. The Balaban J connectivity index is 1.50. The summed E-state index contributed by atoms with van der Waals surface area (Å²) < 4.78 is 8.23. The lowest BCUT2D eigenvalue weighted by atomic mass is 9.93. The van der Waals surface area contributed by atoms with E-state index in [-0.39, 0.29) is 11.3 Å². The molecule has 1 aliphatic heterocycles. The molecule has 6 rings (SSSR count). The highest BCUT2D eigenvalue weighted by Crippen LogP contribution is 2.37. The summed E-state index contributed by atoms with van der Waals surface area (Å²) in [5, 5.41) is 20.0. The van der Waals surface area contributed by atoms with Crippen LogP contribution in [0.5, 0.6) is 11.5 Å². The van der Waals surface area contributed by atoms with Gasteiger partial charge in [0.15, 0.2) is 0 Å². The molecule has 0 saturated heterocycles. The third-order valence-electron chi connectivity index (χ3n) is 6.76. The maximum Gasteiger partial charge on any atom is 0.335 e. The standard InChI is InChI=1S/C31H24N2O4/c34-28-12-6-2-7-20(28)18-30-32-26-10-4-5-11-27(26)33(30)16-15-24-23-9-3-1-8-22(23)19-37-29-14-13-21(31(35)36)17-25(24)29/h1-15,17,34H,16,18-19H2,(H,35,36). The van der Waals surface area contributed by atoms with E-state index in [2.05, 4.69) is 10.6 Å². The molecule has 1 aliphatic rings. The van der Waals surface area contributed by atoms with Gasteiger partial charge in [-0.05, 0) is 53.1 Å². The Kier molecular flexibility index (Phi) is 5.69. The van der Waals surface area contributed by atoms with E-state index in [1.807, 2.05) is 60.7 Å². The van der Waals surface area contributed by atoms with E-state index < -0.39 is 5.97 Å². The second kappa shape index (κ2) is 9.32. The molecular weight excluding hydrogens is 464 g/mol. The lowest BCUT2D eigenvalue weighted by Gasteiger charge is -2.13. The van der Waals surface area contributed by atoms with Gasteiger partial charge in [0.1, 0.15) is 23.9 Å². The summed E-state index contributed by atoms with van der Waals surface area (Å²) in [5.74, 6) is 0.740. The number of imidazole rings is 1. The van der Waals surface area contributed by atoms with Crippen molar-refractivity contribution in [1.82, 2.24) is 9.55 Å². The van der Waals surface area contributed by atoms with Crippen molar-refractivity contribution in [2.45, 2.75) is 19.6 Å². The fourth-order valence-corrected chi connectivity index (χ4v) is 4.91. The van der Waals surface area contributed by atoms with Crippen LogP contribution in [0, 0.1) is 0 Å². The van der Waals surface area contributed by atoms with Crippen molar-refractivity contribution in [1.29, 1.82) is 0 Å². The van der Waals surface area contributed by atoms with Gasteiger partial charge in [-0.3, -0.25) is 0 Å². The molecule has 5 aromatic rings. The van der Waals surface area contributed by atoms with Crippen LogP contribution in [0.3, 0.4) is 0 Å². The molecule has 2 heterocycles. The van der Waals surface area contributed by atoms with Gasteiger partial charge in [0.25, 0.3) is 0 Å². The third-order valence-corrected chi connectivity index (χ3v) is 6.76. The largest absolute Gasteiger partial charge is 0.508 e. The highest BCUT2D eigenvalue weighted by Gasteiger charge is 2.21. The third kappa shape index (κ3) is 4.23. The summed E-state index contributed by atoms with van der Waals surface area (Å²) in [6, 6.07) is 28.3. The number of hydrogen-bond acceptors (Lipinski definition) is 4. The summed E-state index contributed by atoms with van der Waals surface area (Å²) >= 11 is 0. The number of hydrogen-bond donors (Lipinski definition) is 2. The number of nitrogens with zero attached hydrogens (tertiary/aromatic N) is 2. The predicted molar refractivity (Wildman–Crippen MR) is 142 cm³/mol. The molecule has 1 aromatic heterocycles. The molecule has 0 saturated carbocycles. The zero-order valence-corrected chi connectivity index (χ0v) is 20.0. The average molecular weight is 489 g/mol. The van der Waals surface area contributed by atoms with E-state index in [4.69, 9.17) is 9.72 Å². The Labute approximate surface area is 213 Å². The topological polar surface area (TPSA) is 84.6 Å². The van der Waals surface area contributed by atoms with Crippen molar-refractivity contribution in [3.05, 3.63) is 131 Å². The van der Waals surface area contributed by atoms with E-state index >= 15 is 0 Å². The Morgan fingerprint density at radius 3 is 2.59 bits per heavy atom. The van der Waals surface area contributed by atoms with Crippen molar-refractivity contribution in [2.75, 3.05) is 0 Å². The number of fused-ring (bicyclic) bond motifs is 3. The van der Waals surface area contributed by atoms with E-state index in [9.17, 15) is 15.0 Å². The van der Waals surface area contributed by atoms with Crippen LogP contribution in [0.1, 0.15) is 38.4 Å². The average Bonchev–Trinajstić information content (AvgIpc) is 3.17. The monoisotopic (exact) mass is 488 g/mol. The Morgan fingerprint density at radius 1 is 0.946 bits per heavy atom. The van der Waals surface area contributed by atoms with Crippen LogP contribution in [-0.4, -0.2) is 25.7 Å². The summed E-state index contributed by atoms with van der Waals surface area (Å²) in [6.07, 6.45) is 2.59. The van der Waals surface area contributed by atoms with Crippen LogP contribution < -0.4 is 4.74 Å². The van der Waals surface area contributed by atoms with E-state index in [0.717, 1.165) is 44.7 Å². The molecule has 0 fully saturated rings. The lowest BCUT2D eigenvalue weighted by molar-refractivity contribution is 0.0696. The van der Waals surface area contributed by atoms with Gasteiger partial charge in [-0.1, -0.05) is 60.7 Å². The zero-order chi connectivity index (χ0) is 25.4. The number of aromatic hydroxyl groups is 1. The maximum atomic E-state index is 11.8. The van der Waals surface area contributed by atoms with Gasteiger partial charge in [-0.25, -0.2) is 9.78 Å². The van der Waals surface area contributed by atoms with Crippen molar-refractivity contribution < 1.29 is 19.7 Å². The van der Waals surface area contributed by atoms with E-state index in [1.54, 1.807) is 30.3 Å². The molecule has 0 aliphatic carbocycles. The maximum absolute atomic E-state index is 11.8. The van der Waals surface area contributed by atoms with Crippen LogP contribution in [-0.2, 0) is 19.6 Å². The summed E-state index contributed by atoms with van der Waals surface area (Å²) in [4.78, 5) is 16.6. The number of carboxylic acids is 1. The minimum atomic E-state index is -0.981. The molecule has 0 radical (unpaired) electrons. The number of aromatic carboxylic acids is 1. The number of ether oxygens (including phenoxy) is 1. The fourth-order valence-electron chi connectivity index (χ4n) is 4.91. The molecule has 6 heteroatoms. The fraction of sp³-hybridized carbons (Fsp3) is 0.0968. The first-order valence-electron chi connectivity index (χ1n) is 12.1. The van der Waals surface area contributed by atoms with Crippen LogP contribution in [0.4, 0.5) is 0 Å². The smallest absolute Gasteiger partial charge is 0.335 e. The van der Waals surface area contributed by atoms with Gasteiger partial charge in [0.05, 0.1) is 16.6 Å². The first-order valence-corrected chi connectivity index (χ1v) is 12.1. The minimum absolute atomic E-state index is 0.209. The van der Waals surface area contributed by atoms with Crippen molar-refractivity contribution in [3.8, 4) is 11.5 Å². The first kappa shape index (κ1) is 22.6.